The first-order valence-electron chi connectivity index (χ1n) is 3.81. The summed E-state index contributed by atoms with van der Waals surface area (Å²) < 4.78 is 0. The summed E-state index contributed by atoms with van der Waals surface area (Å²) in [6.07, 6.45) is -1.30. The maximum absolute atomic E-state index is 10.9. The molecule has 4 nitrogen and oxygen atoms in total. The van der Waals surface area contributed by atoms with E-state index in [2.05, 4.69) is 10.7 Å². The van der Waals surface area contributed by atoms with Crippen molar-refractivity contribution in [3.05, 3.63) is 35.4 Å². The quantitative estimate of drug-likeness (QED) is 0.649. The molecule has 0 heterocycles. The lowest BCUT2D eigenvalue weighted by molar-refractivity contribution is -0.154. The minimum atomic E-state index is -1.30. The van der Waals surface area contributed by atoms with Gasteiger partial charge < -0.3 is 9.94 Å². The van der Waals surface area contributed by atoms with Crippen LogP contribution in [-0.2, 0) is 9.63 Å². The van der Waals surface area contributed by atoms with Crippen LogP contribution in [0.4, 0.5) is 0 Å². The predicted molar refractivity (Wildman–Crippen MR) is 46.4 cm³/mol. The van der Waals surface area contributed by atoms with Gasteiger partial charge in [-0.2, -0.15) is 5.90 Å². The van der Waals surface area contributed by atoms with E-state index in [9.17, 15) is 9.90 Å². The molecule has 0 aromatic heterocycles. The Morgan fingerprint density at radius 2 is 2.15 bits per heavy atom. The van der Waals surface area contributed by atoms with Gasteiger partial charge >= 0.3 is 5.97 Å². The molecule has 1 aromatic rings. The smallest absolute Gasteiger partial charge is 0.358 e. The van der Waals surface area contributed by atoms with E-state index in [1.807, 2.05) is 6.07 Å². The number of hydrogen-bond donors (Lipinski definition) is 2. The Labute approximate surface area is 75.9 Å². The minimum absolute atomic E-state index is 0.512. The molecule has 70 valence electrons. The number of carbonyl (C=O) groups excluding carboxylic acids is 1. The van der Waals surface area contributed by atoms with Crippen LogP contribution in [0.5, 0.6) is 0 Å². The van der Waals surface area contributed by atoms with Crippen LogP contribution in [0, 0.1) is 6.92 Å². The third-order valence-electron chi connectivity index (χ3n) is 1.82. The molecule has 0 aliphatic rings. The van der Waals surface area contributed by atoms with E-state index in [0.29, 0.717) is 5.56 Å². The van der Waals surface area contributed by atoms with Crippen molar-refractivity contribution in [2.75, 3.05) is 0 Å². The zero-order valence-corrected chi connectivity index (χ0v) is 7.23. The van der Waals surface area contributed by atoms with Crippen molar-refractivity contribution in [1.29, 1.82) is 0 Å². The molecule has 0 amide bonds. The molecule has 1 unspecified atom stereocenters. The summed E-state index contributed by atoms with van der Waals surface area (Å²) in [6, 6.07) is 6.99. The second-order valence-corrected chi connectivity index (χ2v) is 2.70. The number of aryl methyl sites for hydroxylation is 1. The van der Waals surface area contributed by atoms with E-state index in [0.717, 1.165) is 5.56 Å². The second kappa shape index (κ2) is 4.02. The Kier molecular flexibility index (Phi) is 3.00. The van der Waals surface area contributed by atoms with Crippen molar-refractivity contribution >= 4 is 5.97 Å². The van der Waals surface area contributed by atoms with Crippen LogP contribution in [0.2, 0.25) is 0 Å². The van der Waals surface area contributed by atoms with Gasteiger partial charge in [0, 0.05) is 0 Å². The maximum Gasteiger partial charge on any atom is 0.358 e. The third-order valence-corrected chi connectivity index (χ3v) is 1.82. The standard InChI is InChI=1S/C9H11NO3/c1-6-4-2-3-5-7(6)8(11)9(12)13-10/h2-5,8,11H,10H2,1H3. The molecule has 0 bridgehead atoms. The Balaban J connectivity index is 2.95. The molecule has 13 heavy (non-hydrogen) atoms. The fourth-order valence-electron chi connectivity index (χ4n) is 1.09. The highest BCUT2D eigenvalue weighted by Gasteiger charge is 2.19. The molecule has 4 heteroatoms. The van der Waals surface area contributed by atoms with Crippen LogP contribution in [-0.4, -0.2) is 11.1 Å². The Hall–Kier alpha value is -1.39. The van der Waals surface area contributed by atoms with Crippen LogP contribution in [0.3, 0.4) is 0 Å². The SMILES string of the molecule is Cc1ccccc1C(O)C(=O)ON. The number of aliphatic hydroxyl groups is 1. The molecule has 0 saturated heterocycles. The van der Waals surface area contributed by atoms with E-state index < -0.39 is 12.1 Å². The lowest BCUT2D eigenvalue weighted by Crippen LogP contribution is -2.19. The molecule has 0 aliphatic heterocycles. The summed E-state index contributed by atoms with van der Waals surface area (Å²) in [4.78, 5) is 14.8. The first-order chi connectivity index (χ1) is 6.16. The lowest BCUT2D eigenvalue weighted by Gasteiger charge is -2.09. The number of aliphatic hydroxyl groups excluding tert-OH is 1. The first kappa shape index (κ1) is 9.70. The molecule has 0 radical (unpaired) electrons. The molecule has 3 N–H and O–H groups in total. The van der Waals surface area contributed by atoms with Crippen molar-refractivity contribution in [2.24, 2.45) is 5.90 Å². The van der Waals surface area contributed by atoms with E-state index in [-0.39, 0.29) is 0 Å². The second-order valence-electron chi connectivity index (χ2n) is 2.70. The normalized spacial score (nSPS) is 12.2. The summed E-state index contributed by atoms with van der Waals surface area (Å²) in [6.45, 7) is 1.79. The highest BCUT2D eigenvalue weighted by atomic mass is 16.7. The number of carbonyl (C=O) groups is 1. The molecule has 0 aliphatic carbocycles. The van der Waals surface area contributed by atoms with Crippen molar-refractivity contribution in [2.45, 2.75) is 13.0 Å². The van der Waals surface area contributed by atoms with E-state index in [1.165, 1.54) is 0 Å². The molecular formula is C9H11NO3. The third kappa shape index (κ3) is 2.05. The zero-order chi connectivity index (χ0) is 9.84. The summed E-state index contributed by atoms with van der Waals surface area (Å²) in [5.74, 6) is 3.80. The van der Waals surface area contributed by atoms with E-state index in [4.69, 9.17) is 0 Å². The van der Waals surface area contributed by atoms with Crippen LogP contribution in [0.25, 0.3) is 0 Å². The van der Waals surface area contributed by atoms with Gasteiger partial charge in [0.25, 0.3) is 0 Å². The van der Waals surface area contributed by atoms with Gasteiger partial charge in [-0.25, -0.2) is 4.79 Å². The van der Waals surface area contributed by atoms with Crippen molar-refractivity contribution in [1.82, 2.24) is 0 Å². The zero-order valence-electron chi connectivity index (χ0n) is 7.23. The molecule has 0 spiro atoms. The van der Waals surface area contributed by atoms with E-state index >= 15 is 0 Å². The topological polar surface area (TPSA) is 72.5 Å². The minimum Gasteiger partial charge on any atom is -0.377 e. The number of rotatable bonds is 2. The van der Waals surface area contributed by atoms with Gasteiger partial charge in [-0.15, -0.1) is 0 Å². The van der Waals surface area contributed by atoms with E-state index in [1.54, 1.807) is 25.1 Å². The molecule has 1 rings (SSSR count). The number of hydrogen-bond acceptors (Lipinski definition) is 4. The van der Waals surface area contributed by atoms with Gasteiger partial charge in [0.1, 0.15) is 0 Å². The predicted octanol–water partition coefficient (Wildman–Crippen LogP) is 0.445. The van der Waals surface area contributed by atoms with Crippen LogP contribution in [0.15, 0.2) is 24.3 Å². The summed E-state index contributed by atoms with van der Waals surface area (Å²) in [7, 11) is 0. The Morgan fingerprint density at radius 1 is 1.54 bits per heavy atom. The molecular weight excluding hydrogens is 170 g/mol. The Morgan fingerprint density at radius 3 is 2.69 bits per heavy atom. The molecule has 1 aromatic carbocycles. The largest absolute Gasteiger partial charge is 0.377 e. The monoisotopic (exact) mass is 181 g/mol. The van der Waals surface area contributed by atoms with Crippen molar-refractivity contribution in [3.8, 4) is 0 Å². The lowest BCUT2D eigenvalue weighted by atomic mass is 10.0. The van der Waals surface area contributed by atoms with Crippen LogP contribution in [0.1, 0.15) is 17.2 Å². The average Bonchev–Trinajstić information content (AvgIpc) is 2.16. The van der Waals surface area contributed by atoms with Gasteiger partial charge in [0.05, 0.1) is 0 Å². The van der Waals surface area contributed by atoms with Gasteiger partial charge in [0.15, 0.2) is 6.10 Å². The van der Waals surface area contributed by atoms with Crippen LogP contribution >= 0.6 is 0 Å². The summed E-state index contributed by atoms with van der Waals surface area (Å²) in [5, 5.41) is 9.42. The Bertz CT molecular complexity index is 311. The van der Waals surface area contributed by atoms with Gasteiger partial charge in [-0.1, -0.05) is 24.3 Å². The first-order valence-corrected chi connectivity index (χ1v) is 3.81. The van der Waals surface area contributed by atoms with Crippen molar-refractivity contribution < 1.29 is 14.7 Å². The van der Waals surface area contributed by atoms with Gasteiger partial charge in [-0.05, 0) is 18.1 Å². The summed E-state index contributed by atoms with van der Waals surface area (Å²) in [5.41, 5.74) is 1.33. The van der Waals surface area contributed by atoms with Gasteiger partial charge in [-0.3, -0.25) is 0 Å². The number of nitrogens with two attached hydrogens (primary N) is 1. The molecule has 0 saturated carbocycles. The fraction of sp³-hybridized carbons (Fsp3) is 0.222. The number of benzene rings is 1. The van der Waals surface area contributed by atoms with Crippen molar-refractivity contribution in [3.63, 3.8) is 0 Å². The maximum atomic E-state index is 10.9. The van der Waals surface area contributed by atoms with Crippen LogP contribution < -0.4 is 5.90 Å². The summed E-state index contributed by atoms with van der Waals surface area (Å²) >= 11 is 0. The average molecular weight is 181 g/mol. The van der Waals surface area contributed by atoms with Gasteiger partial charge in [0.2, 0.25) is 0 Å². The highest BCUT2D eigenvalue weighted by molar-refractivity contribution is 5.76. The molecule has 0 fully saturated rings. The fourth-order valence-corrected chi connectivity index (χ4v) is 1.09. The highest BCUT2D eigenvalue weighted by Crippen LogP contribution is 2.17. The molecule has 1 atom stereocenters.